The van der Waals surface area contributed by atoms with Gasteiger partial charge in [-0.1, -0.05) is 25.0 Å². The van der Waals surface area contributed by atoms with E-state index >= 15 is 0 Å². The smallest absolute Gasteiger partial charge is 0.227 e. The molecule has 0 atom stereocenters. The number of amides is 1. The van der Waals surface area contributed by atoms with Crippen LogP contribution < -0.4 is 16.0 Å². The van der Waals surface area contributed by atoms with Crippen LogP contribution in [0.15, 0.2) is 53.7 Å². The molecular formula is C25H31FIN5O. The van der Waals surface area contributed by atoms with Crippen molar-refractivity contribution in [1.82, 2.24) is 15.6 Å². The minimum atomic E-state index is -0.231. The molecule has 0 unspecified atom stereocenters. The molecule has 3 aromatic rings. The summed E-state index contributed by atoms with van der Waals surface area (Å²) in [6, 6.07) is 12.7. The van der Waals surface area contributed by atoms with E-state index in [1.165, 1.54) is 6.07 Å². The van der Waals surface area contributed by atoms with Crippen LogP contribution in [0.1, 0.15) is 36.8 Å². The average Bonchev–Trinajstić information content (AvgIpc) is 3.47. The Balaban J connectivity index is 0.00000306. The van der Waals surface area contributed by atoms with E-state index in [1.54, 1.807) is 19.2 Å². The van der Waals surface area contributed by atoms with Gasteiger partial charge in [0.1, 0.15) is 5.82 Å². The van der Waals surface area contributed by atoms with Crippen molar-refractivity contribution in [3.63, 3.8) is 0 Å². The van der Waals surface area contributed by atoms with Gasteiger partial charge in [-0.25, -0.2) is 4.39 Å². The van der Waals surface area contributed by atoms with Crippen molar-refractivity contribution >= 4 is 52.4 Å². The quantitative estimate of drug-likeness (QED) is 0.186. The molecule has 0 bridgehead atoms. The number of H-pyrrole nitrogens is 1. The standard InChI is InChI=1S/C25H30FN5O.HI/c1-27-25(28-12-11-19-16-29-23-10-9-20(26)14-22(19)23)30-15-17-5-4-8-21(13-17)31-24(32)18-6-2-3-7-18;/h4-5,8-10,13-14,16,18,29H,2-3,6-7,11-12,15H2,1H3,(H,31,32)(H2,27,28,30);1H. The van der Waals surface area contributed by atoms with Gasteiger partial charge < -0.3 is 20.9 Å². The summed E-state index contributed by atoms with van der Waals surface area (Å²) >= 11 is 0. The first-order chi connectivity index (χ1) is 15.6. The molecule has 6 nitrogen and oxygen atoms in total. The second-order valence-electron chi connectivity index (χ2n) is 8.28. The van der Waals surface area contributed by atoms with Gasteiger partial charge >= 0.3 is 0 Å². The first kappa shape index (κ1) is 25.0. The lowest BCUT2D eigenvalue weighted by molar-refractivity contribution is -0.119. The molecule has 0 radical (unpaired) electrons. The largest absolute Gasteiger partial charge is 0.361 e. The zero-order valence-corrected chi connectivity index (χ0v) is 21.1. The van der Waals surface area contributed by atoms with Crippen LogP contribution in [0.25, 0.3) is 10.9 Å². The molecule has 0 saturated heterocycles. The summed E-state index contributed by atoms with van der Waals surface area (Å²) in [6.45, 7) is 1.26. The summed E-state index contributed by atoms with van der Waals surface area (Å²) in [4.78, 5) is 19.8. The van der Waals surface area contributed by atoms with Crippen LogP contribution >= 0.6 is 24.0 Å². The number of aliphatic imine (C=N–C) groups is 1. The number of nitrogens with zero attached hydrogens (tertiary/aromatic N) is 1. The highest BCUT2D eigenvalue weighted by molar-refractivity contribution is 14.0. The van der Waals surface area contributed by atoms with Gasteiger partial charge in [0.15, 0.2) is 5.96 Å². The molecule has 4 rings (SSSR count). The van der Waals surface area contributed by atoms with Crippen LogP contribution in [0.3, 0.4) is 0 Å². The summed E-state index contributed by atoms with van der Waals surface area (Å²) in [7, 11) is 1.73. The van der Waals surface area contributed by atoms with Crippen molar-refractivity contribution in [3.05, 3.63) is 65.6 Å². The Hall–Kier alpha value is -2.62. The van der Waals surface area contributed by atoms with Crippen molar-refractivity contribution in [2.45, 2.75) is 38.6 Å². The van der Waals surface area contributed by atoms with Gasteiger partial charge in [-0.15, -0.1) is 24.0 Å². The maximum atomic E-state index is 13.6. The number of aromatic nitrogens is 1. The number of benzene rings is 2. The average molecular weight is 563 g/mol. The molecule has 1 saturated carbocycles. The van der Waals surface area contributed by atoms with Crippen LogP contribution in [0.4, 0.5) is 10.1 Å². The normalized spacial score (nSPS) is 14.2. The molecular weight excluding hydrogens is 532 g/mol. The summed E-state index contributed by atoms with van der Waals surface area (Å²) in [5, 5.41) is 10.6. The van der Waals surface area contributed by atoms with E-state index in [0.29, 0.717) is 19.0 Å². The number of nitrogens with one attached hydrogen (secondary N) is 4. The number of hydrogen-bond donors (Lipinski definition) is 4. The molecule has 1 amide bonds. The number of carbonyl (C=O) groups is 1. The van der Waals surface area contributed by atoms with Crippen molar-refractivity contribution in [1.29, 1.82) is 0 Å². The number of aromatic amines is 1. The summed E-state index contributed by atoms with van der Waals surface area (Å²) in [5.74, 6) is 0.734. The van der Waals surface area contributed by atoms with Crippen molar-refractivity contribution in [3.8, 4) is 0 Å². The maximum absolute atomic E-state index is 13.6. The summed E-state index contributed by atoms with van der Waals surface area (Å²) < 4.78 is 13.6. The molecule has 1 fully saturated rings. The lowest BCUT2D eigenvalue weighted by Gasteiger charge is -2.14. The van der Waals surface area contributed by atoms with Crippen LogP contribution in [0.2, 0.25) is 0 Å². The highest BCUT2D eigenvalue weighted by Crippen LogP contribution is 2.26. The number of rotatable bonds is 7. The minimum Gasteiger partial charge on any atom is -0.361 e. The highest BCUT2D eigenvalue weighted by Gasteiger charge is 2.22. The SMILES string of the molecule is CN=C(NCCc1c[nH]c2ccc(F)cc12)NCc1cccc(NC(=O)C2CCCC2)c1.I. The fourth-order valence-corrected chi connectivity index (χ4v) is 4.27. The Morgan fingerprint density at radius 1 is 1.15 bits per heavy atom. The lowest BCUT2D eigenvalue weighted by atomic mass is 10.1. The molecule has 1 aromatic heterocycles. The van der Waals surface area contributed by atoms with E-state index in [0.717, 1.165) is 59.8 Å². The van der Waals surface area contributed by atoms with Crippen LogP contribution in [0, 0.1) is 11.7 Å². The number of carbonyl (C=O) groups excluding carboxylic acids is 1. The van der Waals surface area contributed by atoms with Gasteiger partial charge in [0.05, 0.1) is 0 Å². The van der Waals surface area contributed by atoms with Gasteiger partial charge in [0.2, 0.25) is 5.91 Å². The second kappa shape index (κ2) is 12.0. The van der Waals surface area contributed by atoms with Crippen molar-refractivity contribution < 1.29 is 9.18 Å². The van der Waals surface area contributed by atoms with Crippen LogP contribution in [-0.2, 0) is 17.8 Å². The summed E-state index contributed by atoms with van der Waals surface area (Å²) in [5.41, 5.74) is 3.89. The molecule has 1 aliphatic rings. The van der Waals surface area contributed by atoms with Crippen LogP contribution in [-0.4, -0.2) is 30.4 Å². The zero-order valence-electron chi connectivity index (χ0n) is 18.8. The topological polar surface area (TPSA) is 81.3 Å². The highest BCUT2D eigenvalue weighted by atomic mass is 127. The molecule has 2 aromatic carbocycles. The maximum Gasteiger partial charge on any atom is 0.227 e. The van der Waals surface area contributed by atoms with Gasteiger partial charge in [-0.3, -0.25) is 9.79 Å². The van der Waals surface area contributed by atoms with E-state index in [-0.39, 0.29) is 41.6 Å². The van der Waals surface area contributed by atoms with Gasteiger partial charge in [0, 0.05) is 48.8 Å². The molecule has 0 spiro atoms. The Kier molecular flexibility index (Phi) is 9.11. The van der Waals surface area contributed by atoms with Crippen molar-refractivity contribution in [2.24, 2.45) is 10.9 Å². The van der Waals surface area contributed by atoms with E-state index in [2.05, 4.69) is 25.9 Å². The molecule has 1 aliphatic carbocycles. The summed E-state index contributed by atoms with van der Waals surface area (Å²) in [6.07, 6.45) is 6.93. The Labute approximate surface area is 210 Å². The predicted octanol–water partition coefficient (Wildman–Crippen LogP) is 4.96. The number of guanidine groups is 1. The van der Waals surface area contributed by atoms with E-state index in [9.17, 15) is 9.18 Å². The fraction of sp³-hybridized carbons (Fsp3) is 0.360. The molecule has 1 heterocycles. The molecule has 176 valence electrons. The van der Waals surface area contributed by atoms with E-state index in [4.69, 9.17) is 0 Å². The fourth-order valence-electron chi connectivity index (χ4n) is 4.27. The van der Waals surface area contributed by atoms with Gasteiger partial charge in [0.25, 0.3) is 0 Å². The minimum absolute atomic E-state index is 0. The van der Waals surface area contributed by atoms with Crippen LogP contribution in [0.5, 0.6) is 0 Å². The first-order valence-electron chi connectivity index (χ1n) is 11.2. The Morgan fingerprint density at radius 3 is 2.76 bits per heavy atom. The lowest BCUT2D eigenvalue weighted by Crippen LogP contribution is -2.37. The predicted molar refractivity (Wildman–Crippen MR) is 143 cm³/mol. The van der Waals surface area contributed by atoms with Crippen molar-refractivity contribution in [2.75, 3.05) is 18.9 Å². The molecule has 4 N–H and O–H groups in total. The zero-order chi connectivity index (χ0) is 22.3. The number of halogens is 2. The number of fused-ring (bicyclic) bond motifs is 1. The van der Waals surface area contributed by atoms with Gasteiger partial charge in [-0.05, 0) is 60.7 Å². The molecule has 8 heteroatoms. The van der Waals surface area contributed by atoms with Gasteiger partial charge in [-0.2, -0.15) is 0 Å². The third-order valence-electron chi connectivity index (χ3n) is 6.02. The van der Waals surface area contributed by atoms with E-state index < -0.39 is 0 Å². The number of hydrogen-bond acceptors (Lipinski definition) is 2. The molecule has 0 aliphatic heterocycles. The monoisotopic (exact) mass is 563 g/mol. The molecule has 33 heavy (non-hydrogen) atoms. The Bertz CT molecular complexity index is 1110. The van der Waals surface area contributed by atoms with E-state index in [1.807, 2.05) is 30.5 Å². The third-order valence-corrected chi connectivity index (χ3v) is 6.02. The third kappa shape index (κ3) is 6.69. The second-order valence-corrected chi connectivity index (χ2v) is 8.28. The first-order valence-corrected chi connectivity index (χ1v) is 11.2. The Morgan fingerprint density at radius 2 is 1.97 bits per heavy atom. The number of anilines is 1.